The number of nitrogens with zero attached hydrogens (tertiary/aromatic N) is 2. The third-order valence-corrected chi connectivity index (χ3v) is 5.58. The van der Waals surface area contributed by atoms with Crippen molar-refractivity contribution in [3.8, 4) is 11.5 Å². The summed E-state index contributed by atoms with van der Waals surface area (Å²) in [6, 6.07) is 5.36. The average molecular weight is 358 g/mol. The smallest absolute Gasteiger partial charge is 0.245 e. The van der Waals surface area contributed by atoms with Gasteiger partial charge in [0.05, 0.1) is 0 Å². The van der Waals surface area contributed by atoms with Gasteiger partial charge in [-0.2, -0.15) is 0 Å². The number of hydrogen-bond donors (Lipinski definition) is 0. The monoisotopic (exact) mass is 358 g/mol. The van der Waals surface area contributed by atoms with Crippen LogP contribution in [0.25, 0.3) is 0 Å². The fourth-order valence-corrected chi connectivity index (χ4v) is 4.48. The van der Waals surface area contributed by atoms with Gasteiger partial charge in [0.2, 0.25) is 18.6 Å². The van der Waals surface area contributed by atoms with Gasteiger partial charge in [-0.1, -0.05) is 19.9 Å². The van der Waals surface area contributed by atoms with Gasteiger partial charge in [0.1, 0.15) is 6.04 Å². The Hall–Kier alpha value is -2.24. The summed E-state index contributed by atoms with van der Waals surface area (Å²) >= 11 is 0. The second kappa shape index (κ2) is 6.82. The van der Waals surface area contributed by atoms with Crippen LogP contribution in [0.4, 0.5) is 0 Å². The Kier molecular flexibility index (Phi) is 4.51. The normalized spacial score (nSPS) is 27.9. The maximum atomic E-state index is 13.1. The van der Waals surface area contributed by atoms with E-state index in [2.05, 4.69) is 13.8 Å². The molecule has 0 spiro atoms. The maximum Gasteiger partial charge on any atom is 0.245 e. The number of likely N-dealkylation sites (tertiary alicyclic amines) is 2. The van der Waals surface area contributed by atoms with E-state index in [1.54, 1.807) is 4.90 Å². The summed E-state index contributed by atoms with van der Waals surface area (Å²) in [5.41, 5.74) is 0.961. The molecule has 6 nitrogen and oxygen atoms in total. The summed E-state index contributed by atoms with van der Waals surface area (Å²) in [6.45, 7) is 6.65. The number of hydrogen-bond acceptors (Lipinski definition) is 4. The first-order valence-corrected chi connectivity index (χ1v) is 9.48. The Labute approximate surface area is 154 Å². The van der Waals surface area contributed by atoms with Crippen LogP contribution in [0.3, 0.4) is 0 Å². The SMILES string of the molecule is CC1CC(C)CN(C(=O)C2CCC(=O)N2Cc2ccc3c(c2)OCO3)C1. The summed E-state index contributed by atoms with van der Waals surface area (Å²) in [5.74, 6) is 2.62. The molecule has 0 N–H and O–H groups in total. The second-order valence-electron chi connectivity index (χ2n) is 7.95. The van der Waals surface area contributed by atoms with Gasteiger partial charge >= 0.3 is 0 Å². The van der Waals surface area contributed by atoms with Crippen LogP contribution >= 0.6 is 0 Å². The molecular weight excluding hydrogens is 332 g/mol. The molecule has 0 aromatic heterocycles. The minimum absolute atomic E-state index is 0.0547. The molecule has 0 bridgehead atoms. The number of rotatable bonds is 3. The lowest BCUT2D eigenvalue weighted by Crippen LogP contribution is -2.51. The van der Waals surface area contributed by atoms with Crippen LogP contribution < -0.4 is 9.47 Å². The molecule has 140 valence electrons. The van der Waals surface area contributed by atoms with Crippen LogP contribution in [0, 0.1) is 11.8 Å². The minimum atomic E-state index is -0.342. The topological polar surface area (TPSA) is 59.1 Å². The Morgan fingerprint density at radius 3 is 2.65 bits per heavy atom. The lowest BCUT2D eigenvalue weighted by atomic mass is 9.91. The molecule has 0 saturated carbocycles. The molecule has 0 radical (unpaired) electrons. The number of carbonyl (C=O) groups excluding carboxylic acids is 2. The van der Waals surface area contributed by atoms with Crippen molar-refractivity contribution in [1.29, 1.82) is 0 Å². The molecule has 3 heterocycles. The Balaban J connectivity index is 1.49. The summed E-state index contributed by atoms with van der Waals surface area (Å²) in [4.78, 5) is 29.3. The van der Waals surface area contributed by atoms with E-state index in [0.717, 1.165) is 30.8 Å². The molecular formula is C20H26N2O4. The molecule has 2 saturated heterocycles. The average Bonchev–Trinajstić information content (AvgIpc) is 3.20. The van der Waals surface area contributed by atoms with Crippen molar-refractivity contribution in [2.75, 3.05) is 19.9 Å². The number of fused-ring (bicyclic) bond motifs is 1. The lowest BCUT2D eigenvalue weighted by molar-refractivity contribution is -0.143. The molecule has 0 aliphatic carbocycles. The Bertz CT molecular complexity index is 710. The molecule has 26 heavy (non-hydrogen) atoms. The van der Waals surface area contributed by atoms with E-state index in [1.165, 1.54) is 0 Å². The quantitative estimate of drug-likeness (QED) is 0.833. The number of piperidine rings is 1. The van der Waals surface area contributed by atoms with E-state index in [1.807, 2.05) is 23.1 Å². The second-order valence-corrected chi connectivity index (χ2v) is 7.95. The van der Waals surface area contributed by atoms with Gasteiger partial charge in [0.15, 0.2) is 11.5 Å². The van der Waals surface area contributed by atoms with Gasteiger partial charge in [-0.3, -0.25) is 9.59 Å². The van der Waals surface area contributed by atoms with Crippen molar-refractivity contribution in [2.45, 2.75) is 45.7 Å². The minimum Gasteiger partial charge on any atom is -0.454 e. The first-order valence-electron chi connectivity index (χ1n) is 9.48. The van der Waals surface area contributed by atoms with Crippen LogP contribution in [0.5, 0.6) is 11.5 Å². The van der Waals surface area contributed by atoms with Crippen LogP contribution in [-0.2, 0) is 16.1 Å². The van der Waals surface area contributed by atoms with E-state index in [4.69, 9.17) is 9.47 Å². The van der Waals surface area contributed by atoms with Gasteiger partial charge in [-0.15, -0.1) is 0 Å². The van der Waals surface area contributed by atoms with Crippen molar-refractivity contribution in [3.05, 3.63) is 23.8 Å². The zero-order valence-electron chi connectivity index (χ0n) is 15.4. The molecule has 3 unspecified atom stereocenters. The van der Waals surface area contributed by atoms with Gasteiger partial charge in [0, 0.05) is 26.1 Å². The fraction of sp³-hybridized carbons (Fsp3) is 0.600. The summed E-state index contributed by atoms with van der Waals surface area (Å²) in [7, 11) is 0. The fourth-order valence-electron chi connectivity index (χ4n) is 4.48. The van der Waals surface area contributed by atoms with Crippen LogP contribution in [0.2, 0.25) is 0 Å². The molecule has 1 aromatic carbocycles. The Morgan fingerprint density at radius 2 is 1.88 bits per heavy atom. The van der Waals surface area contributed by atoms with E-state index >= 15 is 0 Å². The summed E-state index contributed by atoms with van der Waals surface area (Å²) < 4.78 is 10.8. The van der Waals surface area contributed by atoms with Gasteiger partial charge in [-0.25, -0.2) is 0 Å². The summed E-state index contributed by atoms with van der Waals surface area (Å²) in [6.07, 6.45) is 2.22. The van der Waals surface area contributed by atoms with Crippen molar-refractivity contribution in [3.63, 3.8) is 0 Å². The highest BCUT2D eigenvalue weighted by atomic mass is 16.7. The third-order valence-electron chi connectivity index (χ3n) is 5.58. The molecule has 3 aliphatic heterocycles. The van der Waals surface area contributed by atoms with Crippen LogP contribution in [-0.4, -0.2) is 47.5 Å². The van der Waals surface area contributed by atoms with Crippen LogP contribution in [0.15, 0.2) is 18.2 Å². The van der Waals surface area contributed by atoms with Crippen LogP contribution in [0.1, 0.15) is 38.7 Å². The molecule has 2 amide bonds. The van der Waals surface area contributed by atoms with E-state index in [0.29, 0.717) is 37.0 Å². The first-order chi connectivity index (χ1) is 12.5. The number of ether oxygens (including phenoxy) is 2. The predicted molar refractivity (Wildman–Crippen MR) is 95.7 cm³/mol. The third kappa shape index (κ3) is 3.24. The van der Waals surface area contributed by atoms with Gasteiger partial charge in [-0.05, 0) is 42.4 Å². The van der Waals surface area contributed by atoms with Crippen molar-refractivity contribution in [1.82, 2.24) is 9.80 Å². The zero-order valence-corrected chi connectivity index (χ0v) is 15.4. The lowest BCUT2D eigenvalue weighted by Gasteiger charge is -2.38. The Morgan fingerprint density at radius 1 is 1.15 bits per heavy atom. The maximum absolute atomic E-state index is 13.1. The van der Waals surface area contributed by atoms with Crippen molar-refractivity contribution >= 4 is 11.8 Å². The van der Waals surface area contributed by atoms with Gasteiger partial charge < -0.3 is 19.3 Å². The molecule has 4 rings (SSSR count). The van der Waals surface area contributed by atoms with E-state index in [9.17, 15) is 9.59 Å². The van der Waals surface area contributed by atoms with E-state index in [-0.39, 0.29) is 24.6 Å². The predicted octanol–water partition coefficient (Wildman–Crippen LogP) is 2.41. The number of carbonyl (C=O) groups is 2. The molecule has 1 aromatic rings. The highest BCUT2D eigenvalue weighted by molar-refractivity contribution is 5.91. The summed E-state index contributed by atoms with van der Waals surface area (Å²) in [5, 5.41) is 0. The molecule has 3 aliphatic rings. The standard InChI is InChI=1S/C20H26N2O4/c1-13-7-14(2)10-21(9-13)20(24)16-4-6-19(23)22(16)11-15-3-5-17-18(8-15)26-12-25-17/h3,5,8,13-14,16H,4,6-7,9-12H2,1-2H3. The molecule has 3 atom stereocenters. The first kappa shape index (κ1) is 17.2. The van der Waals surface area contributed by atoms with Crippen molar-refractivity contribution < 1.29 is 19.1 Å². The van der Waals surface area contributed by atoms with E-state index < -0.39 is 0 Å². The largest absolute Gasteiger partial charge is 0.454 e. The van der Waals surface area contributed by atoms with Gasteiger partial charge in [0.25, 0.3) is 0 Å². The molecule has 2 fully saturated rings. The number of benzene rings is 1. The van der Waals surface area contributed by atoms with Crippen molar-refractivity contribution in [2.24, 2.45) is 11.8 Å². The highest BCUT2D eigenvalue weighted by Crippen LogP contribution is 2.34. The molecule has 6 heteroatoms. The zero-order chi connectivity index (χ0) is 18.3. The number of amides is 2. The highest BCUT2D eigenvalue weighted by Gasteiger charge is 2.39.